The zero-order chi connectivity index (χ0) is 103. The highest BCUT2D eigenvalue weighted by molar-refractivity contribution is 7.98. The van der Waals surface area contributed by atoms with Crippen molar-refractivity contribution < 1.29 is 156 Å². The Morgan fingerprint density at radius 1 is 0.348 bits per heavy atom. The van der Waals surface area contributed by atoms with Crippen LogP contribution < -0.4 is 102 Å². The number of carbonyl (C=O) groups is 23. The average molecular weight is 1950 g/mol. The van der Waals surface area contributed by atoms with Crippen LogP contribution in [0.3, 0.4) is 0 Å². The number of hydrogen-bond acceptors (Lipinski definition) is 31. The normalized spacial score (nSPS) is 18.0. The van der Waals surface area contributed by atoms with E-state index < -0.39 is 351 Å². The molecule has 0 aromatic rings. The topological polar surface area (TPSA) is 838 Å². The smallest absolute Gasteiger partial charge is 0.328 e. The number of nitrogens with two attached hydrogens (primary N) is 2. The van der Waals surface area contributed by atoms with Gasteiger partial charge in [0.15, 0.2) is 6.04 Å². The predicted molar refractivity (Wildman–Crippen MR) is 472 cm³/mol. The Morgan fingerprint density at radius 2 is 0.696 bits per heavy atom. The van der Waals surface area contributed by atoms with Gasteiger partial charge in [0.2, 0.25) is 118 Å². The molecule has 0 aromatic heterocycles. The fraction of sp³-hybridized carbons (Fsp3) is 0.716. The van der Waals surface area contributed by atoms with Gasteiger partial charge in [0.05, 0.1) is 63.2 Å². The molecular weight excluding hydrogens is 1810 g/mol. The van der Waals surface area contributed by atoms with E-state index in [4.69, 9.17) is 16.6 Å². The van der Waals surface area contributed by atoms with E-state index in [0.717, 1.165) is 51.3 Å². The highest BCUT2D eigenvalue weighted by Gasteiger charge is 2.46. The van der Waals surface area contributed by atoms with Gasteiger partial charge in [-0.15, -0.1) is 0 Å². The van der Waals surface area contributed by atoms with Gasteiger partial charge in [-0.05, 0) is 122 Å². The summed E-state index contributed by atoms with van der Waals surface area (Å²) in [6.45, 7) is 14.4. The summed E-state index contributed by atoms with van der Waals surface area (Å²) in [7, 11) is 0. The molecule has 0 spiro atoms. The van der Waals surface area contributed by atoms with Crippen molar-refractivity contribution in [2.24, 2.45) is 35.1 Å². The van der Waals surface area contributed by atoms with Crippen LogP contribution in [-0.4, -0.2) is 376 Å². The lowest BCUT2D eigenvalue weighted by molar-refractivity contribution is -0.145. The first-order valence-corrected chi connectivity index (χ1v) is 45.1. The Hall–Kier alpha value is -12.1. The Morgan fingerprint density at radius 3 is 1.15 bits per heavy atom. The first-order chi connectivity index (χ1) is 62.9. The zero-order valence-corrected chi connectivity index (χ0v) is 78.7. The Balaban J connectivity index is 2.23. The van der Waals surface area contributed by atoms with Gasteiger partial charge in [-0.1, -0.05) is 55.4 Å². The second kappa shape index (κ2) is 57.6. The molecular formula is C81H135N21O32S. The third-order valence-electron chi connectivity index (χ3n) is 21.5. The maximum Gasteiger partial charge on any atom is 0.328 e. The minimum Gasteiger partial charge on any atom is -0.481 e. The standard InChI is InChI=1S/C81H135N21O32S/c1-33(2)56(73(125)85-29-52(110)84-30-53(111)93-60(39(11)105)77(129)87-38(10)65(117)100-63(42(14)108)81(133)134)96-72(124)50-19-16-25-101(50)79(131)46(21-23-54(112)113)90-69(121)47(31-103)92-75(127)57(34(3)4)95-70(122)48(32-104)91-64(116)37(9)86-71(123)49-18-17-26-102(49)80(132)62(41(13)107)99-67(119)44(20-22-51(83)109)88-78(130)61(40(12)106)98-68(120)45(24-27-135-15)89-74(126)58(35(5)6)97-76(128)59(36(7)8)94-66(118)43(82)28-55(114)115/h33-50,56-63,103-108H,16-32,82H2,1-15H3,(H2,83,109)(H,84,110)(H,85,125)(H,86,123)(H,87,129)(H,88,130)(H,89,126)(H,90,121)(H,91,116)(H,92,127)(H,93,111)(H,94,118)(H,95,122)(H,96,124)(H,97,128)(H,98,120)(H,99,119)(H,100,117)(H,112,113)(H,114,115)(H,133,134)/t37-,38-,39+,40+,41+,42+,43-,44-,45-,46-,47-,48-,49-,50-,56-,57-,58-,59-,60-,61-,62-,63-/m0/s1. The van der Waals surface area contributed by atoms with Crippen molar-refractivity contribution in [2.45, 2.75) is 294 Å². The summed E-state index contributed by atoms with van der Waals surface area (Å²) in [5.74, 6) is -28.3. The summed E-state index contributed by atoms with van der Waals surface area (Å²) in [5, 5.41) is 130. The number of nitrogens with zero attached hydrogens (tertiary/aromatic N) is 2. The first kappa shape index (κ1) is 119. The van der Waals surface area contributed by atoms with Gasteiger partial charge in [-0.2, -0.15) is 11.8 Å². The highest BCUT2D eigenvalue weighted by atomic mass is 32.2. The van der Waals surface area contributed by atoms with Gasteiger partial charge in [0.25, 0.3) is 0 Å². The van der Waals surface area contributed by atoms with E-state index in [9.17, 15) is 151 Å². The summed E-state index contributed by atoms with van der Waals surface area (Å²) in [6, 6.07) is -29.3. The van der Waals surface area contributed by atoms with E-state index in [2.05, 4.69) is 85.1 Å². The third-order valence-corrected chi connectivity index (χ3v) is 22.1. The molecule has 135 heavy (non-hydrogen) atoms. The quantitative estimate of drug-likeness (QED) is 0.0269. The first-order valence-electron chi connectivity index (χ1n) is 43.7. The van der Waals surface area contributed by atoms with Crippen molar-refractivity contribution in [1.29, 1.82) is 0 Å². The molecule has 54 heteroatoms. The fourth-order valence-corrected chi connectivity index (χ4v) is 14.1. The summed E-state index contributed by atoms with van der Waals surface area (Å²) < 4.78 is 0. The van der Waals surface area contributed by atoms with Gasteiger partial charge in [0, 0.05) is 25.9 Å². The number of aliphatic carboxylic acids is 3. The lowest BCUT2D eigenvalue weighted by Crippen LogP contribution is -2.63. The molecule has 22 atom stereocenters. The average Bonchev–Trinajstić information content (AvgIpc) is 1.71. The summed E-state index contributed by atoms with van der Waals surface area (Å²) in [4.78, 5) is 309. The number of hydrogen-bond donors (Lipinski definition) is 28. The molecule has 2 aliphatic heterocycles. The Bertz CT molecular complexity index is 4200. The van der Waals surface area contributed by atoms with Crippen molar-refractivity contribution in [1.82, 2.24) is 100 Å². The van der Waals surface area contributed by atoms with E-state index >= 15 is 0 Å². The number of rotatable bonds is 58. The van der Waals surface area contributed by atoms with Crippen molar-refractivity contribution >= 4 is 148 Å². The minimum absolute atomic E-state index is 0.0328. The van der Waals surface area contributed by atoms with Crippen molar-refractivity contribution in [3.8, 4) is 0 Å². The number of aliphatic hydroxyl groups excluding tert-OH is 6. The molecule has 2 saturated heterocycles. The van der Waals surface area contributed by atoms with Crippen LogP contribution in [0.2, 0.25) is 0 Å². The third kappa shape index (κ3) is 39.0. The molecule has 2 aliphatic rings. The van der Waals surface area contributed by atoms with Crippen molar-refractivity contribution in [3.05, 3.63) is 0 Å². The molecule has 0 aliphatic carbocycles. The number of likely N-dealkylation sites (tertiary alicyclic amines) is 2. The Kier molecular flexibility index (Phi) is 50.7. The van der Waals surface area contributed by atoms with Crippen LogP contribution in [0.25, 0.3) is 0 Å². The molecule has 53 nitrogen and oxygen atoms in total. The number of aliphatic hydroxyl groups is 6. The molecule has 0 unspecified atom stereocenters. The van der Waals surface area contributed by atoms with Crippen LogP contribution in [0.15, 0.2) is 0 Å². The summed E-state index contributed by atoms with van der Waals surface area (Å²) in [5.41, 5.74) is 11.1. The van der Waals surface area contributed by atoms with E-state index in [0.29, 0.717) is 0 Å². The van der Waals surface area contributed by atoms with Crippen LogP contribution >= 0.6 is 11.8 Å². The minimum atomic E-state index is -1.96. The van der Waals surface area contributed by atoms with Crippen molar-refractivity contribution in [2.75, 3.05) is 51.4 Å². The van der Waals surface area contributed by atoms with E-state index in [1.54, 1.807) is 34.0 Å². The summed E-state index contributed by atoms with van der Waals surface area (Å²) >= 11 is 1.25. The van der Waals surface area contributed by atoms with Crippen molar-refractivity contribution in [3.63, 3.8) is 0 Å². The number of thioether (sulfide) groups is 1. The maximum absolute atomic E-state index is 14.4. The zero-order valence-electron chi connectivity index (χ0n) is 77.9. The largest absolute Gasteiger partial charge is 0.481 e. The van der Waals surface area contributed by atoms with Gasteiger partial charge in [-0.25, -0.2) is 4.79 Å². The SMILES string of the molecule is CSCC[C@H](NC(=O)[C@@H](NC(=O)[C@@H](NC(=O)[C@@H](N)CC(=O)O)C(C)C)C(C)C)C(=O)N[C@H](C(=O)N[C@@H](CCC(N)=O)C(=O)N[C@H](C(=O)N1CCC[C@H]1C(=O)N[C@@H](C)C(=O)N[C@@H](CO)C(=O)N[C@H](C(=O)N[C@@H](CO)C(=O)N[C@@H](CCC(=O)O)C(=O)N1CCC[C@H]1C(=O)N[C@H](C(=O)NCC(=O)NCC(=O)N[C@H](C(=O)N[C@@H](C)C(=O)N[C@H](C(=O)O)[C@@H](C)O)[C@@H](C)O)C(C)C)C(C)C)[C@@H](C)O)[C@@H](C)O. The van der Waals surface area contributed by atoms with Crippen LogP contribution in [-0.2, 0) is 110 Å². The maximum atomic E-state index is 14.4. The molecule has 20 amide bonds. The molecule has 2 rings (SSSR count). The van der Waals surface area contributed by atoms with Gasteiger partial charge >= 0.3 is 17.9 Å². The van der Waals surface area contributed by atoms with Crippen LogP contribution in [0, 0.1) is 23.7 Å². The van der Waals surface area contributed by atoms with E-state index in [1.807, 2.05) is 5.32 Å². The molecule has 762 valence electrons. The molecule has 0 bridgehead atoms. The fourth-order valence-electron chi connectivity index (χ4n) is 13.6. The number of carboxylic acids is 3. The van der Waals surface area contributed by atoms with E-state index in [-0.39, 0.29) is 50.9 Å². The molecule has 0 saturated carbocycles. The number of nitrogens with one attached hydrogen (secondary N) is 17. The second-order valence-electron chi connectivity index (χ2n) is 34.2. The van der Waals surface area contributed by atoms with E-state index in [1.165, 1.54) is 39.5 Å². The van der Waals surface area contributed by atoms with Crippen LogP contribution in [0.4, 0.5) is 0 Å². The molecule has 2 fully saturated rings. The van der Waals surface area contributed by atoms with Gasteiger partial charge in [0.1, 0.15) is 96.7 Å². The number of carboxylic acid groups (broad SMARTS) is 3. The molecule has 2 heterocycles. The number of carbonyl (C=O) groups excluding carboxylic acids is 20. The van der Waals surface area contributed by atoms with Gasteiger partial charge in [-0.3, -0.25) is 105 Å². The Labute approximate surface area is 781 Å². The number of amides is 20. The molecule has 0 radical (unpaired) electrons. The lowest BCUT2D eigenvalue weighted by atomic mass is 9.98. The summed E-state index contributed by atoms with van der Waals surface area (Å²) in [6.07, 6.45) is -8.26. The van der Waals surface area contributed by atoms with Gasteiger partial charge < -0.3 is 158 Å². The monoisotopic (exact) mass is 1950 g/mol. The van der Waals surface area contributed by atoms with Crippen LogP contribution in [0.5, 0.6) is 0 Å². The molecule has 30 N–H and O–H groups in total. The predicted octanol–water partition coefficient (Wildman–Crippen LogP) is -12.6. The molecule has 0 aromatic carbocycles. The lowest BCUT2D eigenvalue weighted by Gasteiger charge is -2.32. The number of primary amides is 1. The highest BCUT2D eigenvalue weighted by Crippen LogP contribution is 2.23. The van der Waals surface area contributed by atoms with Crippen LogP contribution in [0.1, 0.15) is 161 Å². The second-order valence-corrected chi connectivity index (χ2v) is 35.1.